The minimum Gasteiger partial charge on any atom is -0.378 e. The fourth-order valence-corrected chi connectivity index (χ4v) is 1.51. The SMILES string of the molecule is CCCNC(C)CCCCOC(C)C(C)C. The zero-order valence-corrected chi connectivity index (χ0v) is 11.9. The van der Waals surface area contributed by atoms with E-state index in [0.29, 0.717) is 18.1 Å². The molecule has 1 N–H and O–H groups in total. The second-order valence-electron chi connectivity index (χ2n) is 5.17. The van der Waals surface area contributed by atoms with Gasteiger partial charge in [-0.1, -0.05) is 20.8 Å². The van der Waals surface area contributed by atoms with Crippen LogP contribution in [0.5, 0.6) is 0 Å². The quantitative estimate of drug-likeness (QED) is 0.578. The van der Waals surface area contributed by atoms with E-state index in [0.717, 1.165) is 13.2 Å². The normalized spacial score (nSPS) is 15.4. The van der Waals surface area contributed by atoms with Crippen molar-refractivity contribution in [3.63, 3.8) is 0 Å². The lowest BCUT2D eigenvalue weighted by Crippen LogP contribution is -2.26. The molecular weight excluding hydrogens is 198 g/mol. The van der Waals surface area contributed by atoms with Crippen LogP contribution in [0.25, 0.3) is 0 Å². The molecule has 0 aromatic carbocycles. The molecule has 0 saturated heterocycles. The van der Waals surface area contributed by atoms with Crippen LogP contribution in [0.3, 0.4) is 0 Å². The van der Waals surface area contributed by atoms with Gasteiger partial charge in [0.15, 0.2) is 0 Å². The number of nitrogens with one attached hydrogen (secondary N) is 1. The van der Waals surface area contributed by atoms with Crippen LogP contribution in [0.4, 0.5) is 0 Å². The maximum atomic E-state index is 5.75. The number of unbranched alkanes of at least 4 members (excludes halogenated alkanes) is 1. The third-order valence-electron chi connectivity index (χ3n) is 3.09. The van der Waals surface area contributed by atoms with E-state index in [2.05, 4.69) is 39.9 Å². The molecule has 0 bridgehead atoms. The van der Waals surface area contributed by atoms with Gasteiger partial charge in [-0.25, -0.2) is 0 Å². The molecule has 0 aliphatic heterocycles. The molecular formula is C14H31NO. The third kappa shape index (κ3) is 9.17. The molecule has 0 heterocycles. The van der Waals surface area contributed by atoms with Crippen molar-refractivity contribution in [2.24, 2.45) is 5.92 Å². The molecule has 16 heavy (non-hydrogen) atoms. The Labute approximate surface area is 102 Å². The highest BCUT2D eigenvalue weighted by atomic mass is 16.5. The molecule has 0 fully saturated rings. The molecule has 0 aliphatic carbocycles. The first-order chi connectivity index (χ1) is 7.57. The van der Waals surface area contributed by atoms with Crippen molar-refractivity contribution in [3.05, 3.63) is 0 Å². The second kappa shape index (κ2) is 10.1. The largest absolute Gasteiger partial charge is 0.378 e. The van der Waals surface area contributed by atoms with Crippen LogP contribution in [0.2, 0.25) is 0 Å². The molecule has 2 heteroatoms. The third-order valence-corrected chi connectivity index (χ3v) is 3.09. The van der Waals surface area contributed by atoms with Crippen LogP contribution >= 0.6 is 0 Å². The van der Waals surface area contributed by atoms with Gasteiger partial charge in [0.25, 0.3) is 0 Å². The Hall–Kier alpha value is -0.0800. The average molecular weight is 229 g/mol. The van der Waals surface area contributed by atoms with E-state index >= 15 is 0 Å². The fourth-order valence-electron chi connectivity index (χ4n) is 1.51. The van der Waals surface area contributed by atoms with Crippen LogP contribution in [0.1, 0.15) is 60.3 Å². The Morgan fingerprint density at radius 2 is 1.75 bits per heavy atom. The van der Waals surface area contributed by atoms with E-state index < -0.39 is 0 Å². The molecule has 0 aliphatic rings. The average Bonchev–Trinajstić information content (AvgIpc) is 2.25. The molecule has 0 spiro atoms. The summed E-state index contributed by atoms with van der Waals surface area (Å²) in [6.07, 6.45) is 5.34. The molecule has 2 unspecified atom stereocenters. The van der Waals surface area contributed by atoms with Crippen molar-refractivity contribution in [3.8, 4) is 0 Å². The van der Waals surface area contributed by atoms with Gasteiger partial charge in [-0.15, -0.1) is 0 Å². The van der Waals surface area contributed by atoms with E-state index in [1.54, 1.807) is 0 Å². The predicted molar refractivity (Wildman–Crippen MR) is 71.9 cm³/mol. The van der Waals surface area contributed by atoms with Crippen LogP contribution in [-0.2, 0) is 4.74 Å². The van der Waals surface area contributed by atoms with Crippen molar-refractivity contribution >= 4 is 0 Å². The predicted octanol–water partition coefficient (Wildman–Crippen LogP) is 3.61. The van der Waals surface area contributed by atoms with Gasteiger partial charge in [0, 0.05) is 12.6 Å². The summed E-state index contributed by atoms with van der Waals surface area (Å²) < 4.78 is 5.75. The number of ether oxygens (including phenoxy) is 1. The lowest BCUT2D eigenvalue weighted by molar-refractivity contribution is 0.0330. The van der Waals surface area contributed by atoms with Crippen LogP contribution in [0, 0.1) is 5.92 Å². The summed E-state index contributed by atoms with van der Waals surface area (Å²) >= 11 is 0. The van der Waals surface area contributed by atoms with E-state index in [1.807, 2.05) is 0 Å². The Morgan fingerprint density at radius 3 is 2.31 bits per heavy atom. The Morgan fingerprint density at radius 1 is 1.06 bits per heavy atom. The fraction of sp³-hybridized carbons (Fsp3) is 1.00. The number of hydrogen-bond acceptors (Lipinski definition) is 2. The van der Waals surface area contributed by atoms with Crippen LogP contribution < -0.4 is 5.32 Å². The van der Waals surface area contributed by atoms with Crippen molar-refractivity contribution < 1.29 is 4.74 Å². The van der Waals surface area contributed by atoms with Gasteiger partial charge in [-0.3, -0.25) is 0 Å². The summed E-state index contributed by atoms with van der Waals surface area (Å²) in [4.78, 5) is 0. The molecule has 98 valence electrons. The first-order valence-corrected chi connectivity index (χ1v) is 6.92. The van der Waals surface area contributed by atoms with Gasteiger partial charge in [0.1, 0.15) is 0 Å². The van der Waals surface area contributed by atoms with Crippen molar-refractivity contribution in [2.45, 2.75) is 72.4 Å². The zero-order valence-electron chi connectivity index (χ0n) is 11.9. The van der Waals surface area contributed by atoms with E-state index in [-0.39, 0.29) is 0 Å². The molecule has 0 aromatic rings. The summed E-state index contributed by atoms with van der Waals surface area (Å²) in [5.41, 5.74) is 0. The maximum Gasteiger partial charge on any atom is 0.0569 e. The zero-order chi connectivity index (χ0) is 12.4. The number of hydrogen-bond donors (Lipinski definition) is 1. The van der Waals surface area contributed by atoms with Gasteiger partial charge < -0.3 is 10.1 Å². The Balaban J connectivity index is 3.26. The number of rotatable bonds is 10. The van der Waals surface area contributed by atoms with Crippen LogP contribution in [-0.4, -0.2) is 25.3 Å². The van der Waals surface area contributed by atoms with Gasteiger partial charge in [-0.2, -0.15) is 0 Å². The summed E-state index contributed by atoms with van der Waals surface area (Å²) in [5.74, 6) is 0.630. The standard InChI is InChI=1S/C14H31NO/c1-6-10-15-13(4)9-7-8-11-16-14(5)12(2)3/h12-15H,6-11H2,1-5H3. The molecule has 0 saturated carbocycles. The van der Waals surface area contributed by atoms with Crippen molar-refractivity contribution in [1.82, 2.24) is 5.32 Å². The molecule has 0 amide bonds. The van der Waals surface area contributed by atoms with Crippen molar-refractivity contribution in [2.75, 3.05) is 13.2 Å². The van der Waals surface area contributed by atoms with Crippen molar-refractivity contribution in [1.29, 1.82) is 0 Å². The van der Waals surface area contributed by atoms with E-state index in [4.69, 9.17) is 4.74 Å². The van der Waals surface area contributed by atoms with Gasteiger partial charge >= 0.3 is 0 Å². The topological polar surface area (TPSA) is 21.3 Å². The Bertz CT molecular complexity index is 148. The highest BCUT2D eigenvalue weighted by Gasteiger charge is 2.06. The molecule has 0 radical (unpaired) electrons. The monoisotopic (exact) mass is 229 g/mol. The minimum absolute atomic E-state index is 0.399. The van der Waals surface area contributed by atoms with Gasteiger partial charge in [0.2, 0.25) is 0 Å². The summed E-state index contributed by atoms with van der Waals surface area (Å²) in [5, 5.41) is 3.51. The highest BCUT2D eigenvalue weighted by molar-refractivity contribution is 4.60. The van der Waals surface area contributed by atoms with E-state index in [9.17, 15) is 0 Å². The molecule has 0 rings (SSSR count). The second-order valence-corrected chi connectivity index (χ2v) is 5.17. The molecule has 2 atom stereocenters. The highest BCUT2D eigenvalue weighted by Crippen LogP contribution is 2.07. The van der Waals surface area contributed by atoms with Crippen LogP contribution in [0.15, 0.2) is 0 Å². The molecule has 0 aromatic heterocycles. The lowest BCUT2D eigenvalue weighted by atomic mass is 10.1. The summed E-state index contributed by atoms with van der Waals surface area (Å²) in [6, 6.07) is 0.655. The lowest BCUT2D eigenvalue weighted by Gasteiger charge is -2.17. The minimum atomic E-state index is 0.399. The molecule has 2 nitrogen and oxygen atoms in total. The maximum absolute atomic E-state index is 5.75. The van der Waals surface area contributed by atoms with Gasteiger partial charge in [-0.05, 0) is 52.0 Å². The summed E-state index contributed by atoms with van der Waals surface area (Å²) in [6.45, 7) is 13.1. The van der Waals surface area contributed by atoms with Gasteiger partial charge in [0.05, 0.1) is 6.10 Å². The first kappa shape index (κ1) is 15.9. The Kier molecular flexibility index (Phi) is 10.0. The summed E-state index contributed by atoms with van der Waals surface area (Å²) in [7, 11) is 0. The smallest absolute Gasteiger partial charge is 0.0569 e. The van der Waals surface area contributed by atoms with E-state index in [1.165, 1.54) is 25.7 Å². The first-order valence-electron chi connectivity index (χ1n) is 6.92.